The molecule has 6 nitrogen and oxygen atoms in total. The molecule has 0 amide bonds. The van der Waals surface area contributed by atoms with E-state index in [2.05, 4.69) is 11.9 Å². The number of benzene rings is 2. The second-order valence-corrected chi connectivity index (χ2v) is 7.88. The van der Waals surface area contributed by atoms with Gasteiger partial charge in [-0.3, -0.25) is 9.36 Å². The quantitative estimate of drug-likeness (QED) is 0.414. The van der Waals surface area contributed by atoms with Crippen LogP contribution < -0.4 is 5.56 Å². The van der Waals surface area contributed by atoms with Gasteiger partial charge in [0.15, 0.2) is 11.3 Å². The minimum Gasteiger partial charge on any atom is -0.304 e. The maximum atomic E-state index is 13.4. The minimum atomic E-state index is -0.0955. The Kier molecular flexibility index (Phi) is 4.51. The molecule has 1 atom stereocenters. The van der Waals surface area contributed by atoms with Gasteiger partial charge in [-0.1, -0.05) is 48.9 Å². The Morgan fingerprint density at radius 2 is 1.70 bits per heavy atom. The molecular weight excluding hydrogens is 398 g/mol. The van der Waals surface area contributed by atoms with Gasteiger partial charge in [0.05, 0.1) is 17.6 Å². The molecule has 0 aliphatic heterocycles. The highest BCUT2D eigenvalue weighted by Crippen LogP contribution is 2.27. The molecule has 30 heavy (non-hydrogen) atoms. The van der Waals surface area contributed by atoms with Crippen molar-refractivity contribution >= 4 is 44.8 Å². The second kappa shape index (κ2) is 7.22. The average Bonchev–Trinajstić information content (AvgIpc) is 3.06. The summed E-state index contributed by atoms with van der Waals surface area (Å²) in [6, 6.07) is 15.4. The summed E-state index contributed by atoms with van der Waals surface area (Å²) in [5, 5.41) is 1.16. The van der Waals surface area contributed by atoms with Crippen molar-refractivity contribution in [1.82, 2.24) is 24.1 Å². The highest BCUT2D eigenvalue weighted by molar-refractivity contribution is 6.31. The summed E-state index contributed by atoms with van der Waals surface area (Å²) >= 11 is 6.42. The second-order valence-electron chi connectivity index (χ2n) is 7.47. The van der Waals surface area contributed by atoms with E-state index in [1.165, 1.54) is 0 Å². The molecule has 7 heteroatoms. The fourth-order valence-corrected chi connectivity index (χ4v) is 3.97. The minimum absolute atomic E-state index is 0.0461. The summed E-state index contributed by atoms with van der Waals surface area (Å²) in [5.41, 5.74) is 4.14. The van der Waals surface area contributed by atoms with Gasteiger partial charge in [-0.2, -0.15) is 0 Å². The molecule has 0 spiro atoms. The van der Waals surface area contributed by atoms with Crippen LogP contribution in [-0.2, 0) is 6.54 Å². The smallest absolute Gasteiger partial charge is 0.265 e. The number of fused-ring (bicyclic) bond motifs is 4. The summed E-state index contributed by atoms with van der Waals surface area (Å²) in [6.07, 6.45) is 2.46. The van der Waals surface area contributed by atoms with Crippen LogP contribution in [0.25, 0.3) is 33.2 Å². The SMILES string of the molecule is CC[C@H](C)n1cnc2c(c1=O)c1nc3ccccc3nc1n2Cc1ccccc1Cl. The number of nitrogens with zero attached hydrogens (tertiary/aromatic N) is 5. The zero-order chi connectivity index (χ0) is 20.8. The predicted molar refractivity (Wildman–Crippen MR) is 120 cm³/mol. The lowest BCUT2D eigenvalue weighted by atomic mass is 10.2. The van der Waals surface area contributed by atoms with Crippen molar-refractivity contribution in [2.45, 2.75) is 32.9 Å². The first-order valence-electron chi connectivity index (χ1n) is 9.97. The fraction of sp³-hybridized carbons (Fsp3) is 0.217. The molecule has 5 aromatic rings. The Balaban J connectivity index is 1.89. The van der Waals surface area contributed by atoms with Crippen molar-refractivity contribution in [1.29, 1.82) is 0 Å². The van der Waals surface area contributed by atoms with Crippen LogP contribution in [0.2, 0.25) is 5.02 Å². The topological polar surface area (TPSA) is 65.6 Å². The van der Waals surface area contributed by atoms with E-state index in [1.807, 2.05) is 60.0 Å². The first-order chi connectivity index (χ1) is 14.6. The van der Waals surface area contributed by atoms with Crippen molar-refractivity contribution in [2.75, 3.05) is 0 Å². The molecule has 0 aliphatic rings. The summed E-state index contributed by atoms with van der Waals surface area (Å²) in [4.78, 5) is 27.7. The van der Waals surface area contributed by atoms with Gasteiger partial charge < -0.3 is 4.57 Å². The van der Waals surface area contributed by atoms with Gasteiger partial charge in [0.1, 0.15) is 17.2 Å². The van der Waals surface area contributed by atoms with Crippen LogP contribution in [0, 0.1) is 0 Å². The van der Waals surface area contributed by atoms with Gasteiger partial charge in [-0.05, 0) is 37.1 Å². The van der Waals surface area contributed by atoms with Crippen molar-refractivity contribution in [3.8, 4) is 0 Å². The molecule has 0 saturated heterocycles. The number of para-hydroxylation sites is 2. The maximum Gasteiger partial charge on any atom is 0.265 e. The third-order valence-electron chi connectivity index (χ3n) is 5.63. The lowest BCUT2D eigenvalue weighted by Crippen LogP contribution is -2.23. The van der Waals surface area contributed by atoms with Crippen LogP contribution in [0.3, 0.4) is 0 Å². The van der Waals surface area contributed by atoms with Crippen LogP contribution in [0.4, 0.5) is 0 Å². The molecule has 0 aliphatic carbocycles. The first-order valence-corrected chi connectivity index (χ1v) is 10.4. The molecule has 5 rings (SSSR count). The predicted octanol–water partition coefficient (Wildman–Crippen LogP) is 4.97. The number of hydrogen-bond acceptors (Lipinski definition) is 4. The number of halogens is 1. The zero-order valence-corrected chi connectivity index (χ0v) is 17.5. The number of rotatable bonds is 4. The molecule has 0 radical (unpaired) electrons. The third kappa shape index (κ3) is 2.87. The van der Waals surface area contributed by atoms with Crippen LogP contribution in [0.1, 0.15) is 31.9 Å². The monoisotopic (exact) mass is 417 g/mol. The van der Waals surface area contributed by atoms with E-state index in [0.29, 0.717) is 33.8 Å². The van der Waals surface area contributed by atoms with Gasteiger partial charge in [-0.25, -0.2) is 15.0 Å². The van der Waals surface area contributed by atoms with Gasteiger partial charge in [0, 0.05) is 11.1 Å². The number of hydrogen-bond donors (Lipinski definition) is 0. The summed E-state index contributed by atoms with van der Waals surface area (Å²) in [7, 11) is 0. The Bertz CT molecular complexity index is 1470. The van der Waals surface area contributed by atoms with Crippen molar-refractivity contribution in [3.63, 3.8) is 0 Å². The Morgan fingerprint density at radius 1 is 1.00 bits per heavy atom. The lowest BCUT2D eigenvalue weighted by molar-refractivity contribution is 0.510. The standard InChI is InChI=1S/C23H20ClN5O/c1-3-14(2)29-13-25-21-19(23(29)30)20-22(27-18-11-7-6-10-17(18)26-20)28(21)12-15-8-4-5-9-16(15)24/h4-11,13-14H,3,12H2,1-2H3/t14-/m0/s1. The van der Waals surface area contributed by atoms with E-state index in [1.54, 1.807) is 10.9 Å². The Labute approximate surface area is 177 Å². The maximum absolute atomic E-state index is 13.4. The molecule has 2 aromatic carbocycles. The zero-order valence-electron chi connectivity index (χ0n) is 16.7. The highest BCUT2D eigenvalue weighted by atomic mass is 35.5. The summed E-state index contributed by atoms with van der Waals surface area (Å²) in [5.74, 6) is 0. The van der Waals surface area contributed by atoms with E-state index < -0.39 is 0 Å². The first kappa shape index (κ1) is 18.8. The Morgan fingerprint density at radius 3 is 2.43 bits per heavy atom. The molecular formula is C23H20ClN5O. The summed E-state index contributed by atoms with van der Waals surface area (Å²) < 4.78 is 3.62. The van der Waals surface area contributed by atoms with E-state index in [4.69, 9.17) is 21.6 Å². The van der Waals surface area contributed by atoms with E-state index in [-0.39, 0.29) is 11.6 Å². The highest BCUT2D eigenvalue weighted by Gasteiger charge is 2.21. The van der Waals surface area contributed by atoms with Crippen molar-refractivity contribution < 1.29 is 0 Å². The molecule has 0 N–H and O–H groups in total. The van der Waals surface area contributed by atoms with Gasteiger partial charge >= 0.3 is 0 Å². The van der Waals surface area contributed by atoms with Crippen LogP contribution in [0.15, 0.2) is 59.7 Å². The lowest BCUT2D eigenvalue weighted by Gasteiger charge is -2.12. The van der Waals surface area contributed by atoms with E-state index in [0.717, 1.165) is 23.0 Å². The molecule has 0 bridgehead atoms. The largest absolute Gasteiger partial charge is 0.304 e. The van der Waals surface area contributed by atoms with Crippen LogP contribution >= 0.6 is 11.6 Å². The average molecular weight is 418 g/mol. The summed E-state index contributed by atoms with van der Waals surface area (Å²) in [6.45, 7) is 4.51. The third-order valence-corrected chi connectivity index (χ3v) is 6.00. The molecule has 3 aromatic heterocycles. The molecule has 150 valence electrons. The van der Waals surface area contributed by atoms with Gasteiger partial charge in [-0.15, -0.1) is 0 Å². The van der Waals surface area contributed by atoms with Gasteiger partial charge in [0.25, 0.3) is 5.56 Å². The molecule has 0 fully saturated rings. The normalized spacial score (nSPS) is 12.8. The van der Waals surface area contributed by atoms with E-state index in [9.17, 15) is 4.79 Å². The van der Waals surface area contributed by atoms with Crippen molar-refractivity contribution in [2.24, 2.45) is 0 Å². The van der Waals surface area contributed by atoms with Crippen LogP contribution in [0.5, 0.6) is 0 Å². The van der Waals surface area contributed by atoms with Crippen LogP contribution in [-0.4, -0.2) is 24.1 Å². The molecule has 3 heterocycles. The van der Waals surface area contributed by atoms with Crippen molar-refractivity contribution in [3.05, 3.63) is 75.8 Å². The van der Waals surface area contributed by atoms with E-state index >= 15 is 0 Å². The van der Waals surface area contributed by atoms with Gasteiger partial charge in [0.2, 0.25) is 0 Å². The fourth-order valence-electron chi connectivity index (χ4n) is 3.77. The number of aromatic nitrogens is 5. The molecule has 0 saturated carbocycles. The Hall–Kier alpha value is -3.25. The molecule has 0 unspecified atom stereocenters.